The molecule has 148 valence electrons. The largest absolute Gasteiger partial charge is 0.462 e. The van der Waals surface area contributed by atoms with E-state index in [0.717, 1.165) is 16.4 Å². The number of nitrogens with one attached hydrogen (secondary N) is 1. The van der Waals surface area contributed by atoms with Crippen molar-refractivity contribution < 1.29 is 17.9 Å². The van der Waals surface area contributed by atoms with Crippen molar-refractivity contribution in [2.75, 3.05) is 11.3 Å². The average molecular weight is 420 g/mol. The summed E-state index contributed by atoms with van der Waals surface area (Å²) in [7, 11) is -2.04. The van der Waals surface area contributed by atoms with Crippen molar-refractivity contribution in [3.8, 4) is 10.7 Å². The molecule has 1 N–H and O–H groups in total. The van der Waals surface area contributed by atoms with Gasteiger partial charge in [0.1, 0.15) is 9.90 Å². The van der Waals surface area contributed by atoms with Crippen LogP contribution in [0.3, 0.4) is 0 Å². The lowest BCUT2D eigenvalue weighted by atomic mass is 10.2. The Morgan fingerprint density at radius 1 is 1.29 bits per heavy atom. The van der Waals surface area contributed by atoms with Gasteiger partial charge in [-0.3, -0.25) is 4.72 Å². The number of thiazole rings is 1. The quantitative estimate of drug-likeness (QED) is 0.615. The summed E-state index contributed by atoms with van der Waals surface area (Å²) in [4.78, 5) is 16.5. The van der Waals surface area contributed by atoms with Crippen molar-refractivity contribution in [1.82, 2.24) is 9.55 Å². The van der Waals surface area contributed by atoms with Gasteiger partial charge in [0.25, 0.3) is 10.0 Å². The third-order valence-electron chi connectivity index (χ3n) is 4.24. The number of aryl methyl sites for hydroxylation is 1. The summed E-state index contributed by atoms with van der Waals surface area (Å²) >= 11 is 1.46. The molecule has 0 aliphatic rings. The fourth-order valence-electron chi connectivity index (χ4n) is 2.75. The Kier molecular flexibility index (Phi) is 5.57. The normalized spacial score (nSPS) is 11.4. The van der Waals surface area contributed by atoms with Crippen molar-refractivity contribution in [2.45, 2.75) is 25.7 Å². The van der Waals surface area contributed by atoms with Crippen LogP contribution in [0.1, 0.15) is 28.7 Å². The molecule has 1 aromatic carbocycles. The van der Waals surface area contributed by atoms with E-state index in [1.54, 1.807) is 38.1 Å². The number of sulfonamides is 1. The standard InChI is InChI=1S/C19H21N3O4S2/c1-5-26-19(23)14-7-6-8-15(9-14)21-28(24,25)17-10-16(22(4)13(17)3)18-20-12(2)11-27-18/h6-11,21H,5H2,1-4H3. The number of ether oxygens (including phenoxy) is 1. The molecule has 0 radical (unpaired) electrons. The molecule has 0 aliphatic carbocycles. The van der Waals surface area contributed by atoms with Crippen molar-refractivity contribution in [1.29, 1.82) is 0 Å². The van der Waals surface area contributed by atoms with Crippen molar-refractivity contribution >= 4 is 33.0 Å². The highest BCUT2D eigenvalue weighted by Crippen LogP contribution is 2.30. The third kappa shape index (κ3) is 3.95. The predicted molar refractivity (Wildman–Crippen MR) is 109 cm³/mol. The Balaban J connectivity index is 1.94. The first kappa shape index (κ1) is 20.1. The van der Waals surface area contributed by atoms with Crippen LogP contribution in [-0.2, 0) is 21.8 Å². The topological polar surface area (TPSA) is 90.3 Å². The Bertz CT molecular complexity index is 1130. The lowest BCUT2D eigenvalue weighted by Crippen LogP contribution is -2.14. The Morgan fingerprint density at radius 2 is 2.04 bits per heavy atom. The van der Waals surface area contributed by atoms with Crippen LogP contribution in [-0.4, -0.2) is 30.5 Å². The van der Waals surface area contributed by atoms with Gasteiger partial charge in [-0.1, -0.05) is 6.07 Å². The highest BCUT2D eigenvalue weighted by Gasteiger charge is 2.23. The van der Waals surface area contributed by atoms with Gasteiger partial charge in [0.2, 0.25) is 0 Å². The van der Waals surface area contributed by atoms with Gasteiger partial charge in [-0.05, 0) is 45.0 Å². The molecule has 0 saturated carbocycles. The SMILES string of the molecule is CCOC(=O)c1cccc(NS(=O)(=O)c2cc(-c3nc(C)cs3)n(C)c2C)c1. The van der Waals surface area contributed by atoms with Gasteiger partial charge in [-0.2, -0.15) is 0 Å². The molecular formula is C19H21N3O4S2. The number of carbonyl (C=O) groups is 1. The molecule has 0 aliphatic heterocycles. The second kappa shape index (κ2) is 7.76. The Hall–Kier alpha value is -2.65. The summed E-state index contributed by atoms with van der Waals surface area (Å²) in [6.45, 7) is 5.60. The lowest BCUT2D eigenvalue weighted by molar-refractivity contribution is 0.0526. The van der Waals surface area contributed by atoms with E-state index in [9.17, 15) is 13.2 Å². The summed E-state index contributed by atoms with van der Waals surface area (Å²) in [6, 6.07) is 7.84. The molecule has 3 rings (SSSR count). The first-order valence-electron chi connectivity index (χ1n) is 8.61. The fraction of sp³-hybridized carbons (Fsp3) is 0.263. The molecule has 0 fully saturated rings. The van der Waals surface area contributed by atoms with Crippen LogP contribution in [0.25, 0.3) is 10.7 Å². The summed E-state index contributed by atoms with van der Waals surface area (Å²) < 4.78 is 35.3. The monoisotopic (exact) mass is 419 g/mol. The van der Waals surface area contributed by atoms with Gasteiger partial charge in [-0.25, -0.2) is 18.2 Å². The second-order valence-electron chi connectivity index (χ2n) is 6.24. The molecule has 28 heavy (non-hydrogen) atoms. The van der Waals surface area contributed by atoms with E-state index in [2.05, 4.69) is 9.71 Å². The van der Waals surface area contributed by atoms with E-state index in [0.29, 0.717) is 11.4 Å². The smallest absolute Gasteiger partial charge is 0.338 e. The van der Waals surface area contributed by atoms with Gasteiger partial charge < -0.3 is 9.30 Å². The zero-order valence-corrected chi connectivity index (χ0v) is 17.6. The van der Waals surface area contributed by atoms with Crippen LogP contribution in [0, 0.1) is 13.8 Å². The molecule has 0 spiro atoms. The summed E-state index contributed by atoms with van der Waals surface area (Å²) in [5.41, 5.74) is 2.79. The van der Waals surface area contributed by atoms with E-state index >= 15 is 0 Å². The van der Waals surface area contributed by atoms with E-state index in [4.69, 9.17) is 4.74 Å². The maximum atomic E-state index is 13.0. The predicted octanol–water partition coefficient (Wildman–Crippen LogP) is 3.74. The summed E-state index contributed by atoms with van der Waals surface area (Å²) in [5, 5.41) is 2.68. The minimum absolute atomic E-state index is 0.166. The minimum Gasteiger partial charge on any atom is -0.462 e. The van der Waals surface area contributed by atoms with Crippen LogP contribution in [0.15, 0.2) is 40.6 Å². The van der Waals surface area contributed by atoms with Gasteiger partial charge in [0.15, 0.2) is 0 Å². The molecule has 2 heterocycles. The fourth-order valence-corrected chi connectivity index (χ4v) is 4.94. The maximum Gasteiger partial charge on any atom is 0.338 e. The number of hydrogen-bond acceptors (Lipinski definition) is 6. The first-order valence-corrected chi connectivity index (χ1v) is 11.0. The van der Waals surface area contributed by atoms with Gasteiger partial charge >= 0.3 is 5.97 Å². The third-order valence-corrected chi connectivity index (χ3v) is 6.72. The number of aromatic nitrogens is 2. The lowest BCUT2D eigenvalue weighted by Gasteiger charge is -2.09. The molecule has 0 saturated heterocycles. The number of rotatable bonds is 6. The van der Waals surface area contributed by atoms with Gasteiger partial charge in [-0.15, -0.1) is 11.3 Å². The molecule has 2 aromatic heterocycles. The van der Waals surface area contributed by atoms with Crippen LogP contribution < -0.4 is 4.72 Å². The first-order chi connectivity index (χ1) is 13.2. The molecule has 3 aromatic rings. The second-order valence-corrected chi connectivity index (χ2v) is 8.75. The zero-order chi connectivity index (χ0) is 20.5. The van der Waals surface area contributed by atoms with Crippen LogP contribution in [0.4, 0.5) is 5.69 Å². The molecule has 7 nitrogen and oxygen atoms in total. The molecule has 0 bridgehead atoms. The number of benzene rings is 1. The van der Waals surface area contributed by atoms with E-state index in [1.807, 2.05) is 23.9 Å². The zero-order valence-electron chi connectivity index (χ0n) is 16.0. The molecule has 0 unspecified atom stereocenters. The highest BCUT2D eigenvalue weighted by atomic mass is 32.2. The van der Waals surface area contributed by atoms with E-state index in [1.165, 1.54) is 17.4 Å². The van der Waals surface area contributed by atoms with Crippen molar-refractivity contribution in [2.24, 2.45) is 7.05 Å². The van der Waals surface area contributed by atoms with Crippen LogP contribution in [0.2, 0.25) is 0 Å². The van der Waals surface area contributed by atoms with Crippen molar-refractivity contribution in [3.63, 3.8) is 0 Å². The summed E-state index contributed by atoms with van der Waals surface area (Å²) in [5.74, 6) is -0.499. The van der Waals surface area contributed by atoms with Crippen LogP contribution in [0.5, 0.6) is 0 Å². The Morgan fingerprint density at radius 3 is 2.68 bits per heavy atom. The highest BCUT2D eigenvalue weighted by molar-refractivity contribution is 7.92. The number of anilines is 1. The maximum absolute atomic E-state index is 13.0. The summed E-state index contributed by atoms with van der Waals surface area (Å²) in [6.07, 6.45) is 0. The number of nitrogens with zero attached hydrogens (tertiary/aromatic N) is 2. The number of esters is 1. The number of hydrogen-bond donors (Lipinski definition) is 1. The van der Waals surface area contributed by atoms with Gasteiger partial charge in [0, 0.05) is 29.5 Å². The van der Waals surface area contributed by atoms with Crippen LogP contribution >= 0.6 is 11.3 Å². The molecule has 0 amide bonds. The Labute approximate surface area is 168 Å². The van der Waals surface area contributed by atoms with E-state index in [-0.39, 0.29) is 17.1 Å². The molecule has 0 atom stereocenters. The van der Waals surface area contributed by atoms with Crippen molar-refractivity contribution in [3.05, 3.63) is 52.7 Å². The minimum atomic E-state index is -3.85. The number of carbonyl (C=O) groups excluding carboxylic acids is 1. The average Bonchev–Trinajstić information content (AvgIpc) is 3.19. The molecular weight excluding hydrogens is 398 g/mol. The molecule has 9 heteroatoms. The van der Waals surface area contributed by atoms with Gasteiger partial charge in [0.05, 0.1) is 17.9 Å². The van der Waals surface area contributed by atoms with E-state index < -0.39 is 16.0 Å².